The van der Waals surface area contributed by atoms with E-state index in [2.05, 4.69) is 63.2 Å². The Balaban J connectivity index is 1.99. The molecule has 1 N–H and O–H groups in total. The van der Waals surface area contributed by atoms with Gasteiger partial charge < -0.3 is 10.2 Å². The molecule has 0 saturated heterocycles. The van der Waals surface area contributed by atoms with Crippen LogP contribution in [-0.2, 0) is 6.54 Å². The van der Waals surface area contributed by atoms with Crippen LogP contribution >= 0.6 is 0 Å². The summed E-state index contributed by atoms with van der Waals surface area (Å²) in [5, 5.41) is 3.54. The summed E-state index contributed by atoms with van der Waals surface area (Å²) in [7, 11) is 2.22. The van der Waals surface area contributed by atoms with Gasteiger partial charge in [-0.3, -0.25) is 0 Å². The monoisotopic (exact) mass is 260 g/mol. The van der Waals surface area contributed by atoms with Crippen LogP contribution in [-0.4, -0.2) is 19.1 Å². The first-order valence-electron chi connectivity index (χ1n) is 7.41. The predicted octanol–water partition coefficient (Wildman–Crippen LogP) is 3.73. The highest BCUT2D eigenvalue weighted by molar-refractivity contribution is 5.54. The lowest BCUT2D eigenvalue weighted by molar-refractivity contribution is 0.424. The van der Waals surface area contributed by atoms with Crippen molar-refractivity contribution >= 4 is 5.69 Å². The molecule has 19 heavy (non-hydrogen) atoms. The third-order valence-electron chi connectivity index (χ3n) is 3.72. The average molecular weight is 260 g/mol. The molecule has 1 aromatic rings. The van der Waals surface area contributed by atoms with Crippen LogP contribution in [0.2, 0.25) is 0 Å². The van der Waals surface area contributed by atoms with Crippen LogP contribution in [0, 0.1) is 12.8 Å². The molecular formula is C17H28N2. The minimum absolute atomic E-state index is 0.176. The van der Waals surface area contributed by atoms with Gasteiger partial charge in [0.1, 0.15) is 0 Å². The summed E-state index contributed by atoms with van der Waals surface area (Å²) >= 11 is 0. The quantitative estimate of drug-likeness (QED) is 0.868. The van der Waals surface area contributed by atoms with Crippen molar-refractivity contribution in [3.05, 3.63) is 29.3 Å². The summed E-state index contributed by atoms with van der Waals surface area (Å²) in [5.74, 6) is 0.937. The number of aryl methyl sites for hydroxylation is 1. The van der Waals surface area contributed by atoms with Crippen molar-refractivity contribution in [2.45, 2.75) is 52.6 Å². The highest BCUT2D eigenvalue weighted by Gasteiger charge is 2.23. The van der Waals surface area contributed by atoms with Gasteiger partial charge in [-0.25, -0.2) is 0 Å². The first-order valence-corrected chi connectivity index (χ1v) is 7.41. The van der Waals surface area contributed by atoms with E-state index < -0.39 is 0 Å². The summed E-state index contributed by atoms with van der Waals surface area (Å²) in [6.07, 6.45) is 2.83. The van der Waals surface area contributed by atoms with Crippen LogP contribution in [0.3, 0.4) is 0 Å². The average Bonchev–Trinajstić information content (AvgIpc) is 3.09. The second kappa shape index (κ2) is 5.54. The second-order valence-electron chi connectivity index (χ2n) is 7.05. The van der Waals surface area contributed by atoms with Crippen molar-refractivity contribution in [1.29, 1.82) is 0 Å². The Morgan fingerprint density at radius 1 is 1.26 bits per heavy atom. The normalized spacial score (nSPS) is 15.6. The lowest BCUT2D eigenvalue weighted by Gasteiger charge is -2.23. The van der Waals surface area contributed by atoms with Crippen LogP contribution in [0.1, 0.15) is 44.7 Å². The molecule has 2 heteroatoms. The van der Waals surface area contributed by atoms with Crippen LogP contribution in [0.25, 0.3) is 0 Å². The molecule has 0 aromatic heterocycles. The smallest absolute Gasteiger partial charge is 0.0393 e. The molecule has 0 unspecified atom stereocenters. The maximum Gasteiger partial charge on any atom is 0.0393 e. The Bertz CT molecular complexity index is 427. The molecule has 1 saturated carbocycles. The van der Waals surface area contributed by atoms with Crippen LogP contribution in [0.5, 0.6) is 0 Å². The SMILES string of the molecule is Cc1cc(CNC(C)(C)C)ccc1N(C)CC1CC1. The molecule has 0 amide bonds. The second-order valence-corrected chi connectivity index (χ2v) is 7.05. The van der Waals surface area contributed by atoms with E-state index in [0.717, 1.165) is 12.5 Å². The zero-order valence-corrected chi connectivity index (χ0v) is 13.1. The van der Waals surface area contributed by atoms with Gasteiger partial charge in [-0.2, -0.15) is 0 Å². The Labute approximate surface area is 118 Å². The third kappa shape index (κ3) is 4.54. The van der Waals surface area contributed by atoms with E-state index in [1.807, 2.05) is 0 Å². The zero-order valence-electron chi connectivity index (χ0n) is 13.1. The Hall–Kier alpha value is -1.02. The van der Waals surface area contributed by atoms with Crippen LogP contribution in [0.4, 0.5) is 5.69 Å². The van der Waals surface area contributed by atoms with Gasteiger partial charge in [0.15, 0.2) is 0 Å². The fourth-order valence-corrected chi connectivity index (χ4v) is 2.41. The van der Waals surface area contributed by atoms with Crippen molar-refractivity contribution in [1.82, 2.24) is 5.32 Å². The molecule has 1 aromatic carbocycles. The minimum atomic E-state index is 0.176. The fourth-order valence-electron chi connectivity index (χ4n) is 2.41. The van der Waals surface area contributed by atoms with Gasteiger partial charge in [-0.05, 0) is 63.6 Å². The number of anilines is 1. The number of hydrogen-bond donors (Lipinski definition) is 1. The lowest BCUT2D eigenvalue weighted by Crippen LogP contribution is -2.35. The largest absolute Gasteiger partial charge is 0.374 e. The van der Waals surface area contributed by atoms with Crippen LogP contribution in [0.15, 0.2) is 18.2 Å². The van der Waals surface area contributed by atoms with E-state index in [-0.39, 0.29) is 5.54 Å². The standard InChI is InChI=1S/C17H28N2/c1-13-10-15(11-18-17(2,3)4)8-9-16(13)19(5)12-14-6-7-14/h8-10,14,18H,6-7,11-12H2,1-5H3. The summed E-state index contributed by atoms with van der Waals surface area (Å²) in [5.41, 5.74) is 4.31. The molecule has 106 valence electrons. The Kier molecular flexibility index (Phi) is 4.19. The van der Waals surface area contributed by atoms with Crippen molar-refractivity contribution in [3.8, 4) is 0 Å². The molecule has 0 spiro atoms. The van der Waals surface area contributed by atoms with Gasteiger partial charge in [-0.15, -0.1) is 0 Å². The van der Waals surface area contributed by atoms with E-state index in [4.69, 9.17) is 0 Å². The molecule has 0 atom stereocenters. The number of nitrogens with one attached hydrogen (secondary N) is 1. The summed E-state index contributed by atoms with van der Waals surface area (Å²) in [6.45, 7) is 11.0. The molecule has 1 fully saturated rings. The summed E-state index contributed by atoms with van der Waals surface area (Å²) in [6, 6.07) is 6.85. The van der Waals surface area contributed by atoms with E-state index in [1.165, 1.54) is 36.2 Å². The highest BCUT2D eigenvalue weighted by Crippen LogP contribution is 2.31. The van der Waals surface area contributed by atoms with Gasteiger partial charge in [-0.1, -0.05) is 12.1 Å². The molecule has 2 rings (SSSR count). The highest BCUT2D eigenvalue weighted by atomic mass is 15.1. The van der Waals surface area contributed by atoms with Gasteiger partial charge >= 0.3 is 0 Å². The maximum absolute atomic E-state index is 3.54. The van der Waals surface area contributed by atoms with Gasteiger partial charge in [0, 0.05) is 31.4 Å². The van der Waals surface area contributed by atoms with Crippen molar-refractivity contribution in [2.75, 3.05) is 18.5 Å². The molecular weight excluding hydrogens is 232 g/mol. The van der Waals surface area contributed by atoms with E-state index in [0.29, 0.717) is 0 Å². The van der Waals surface area contributed by atoms with E-state index >= 15 is 0 Å². The molecule has 0 aliphatic heterocycles. The minimum Gasteiger partial charge on any atom is -0.374 e. The first kappa shape index (κ1) is 14.4. The molecule has 1 aliphatic carbocycles. The summed E-state index contributed by atoms with van der Waals surface area (Å²) < 4.78 is 0. The fraction of sp³-hybridized carbons (Fsp3) is 0.647. The van der Waals surface area contributed by atoms with E-state index in [9.17, 15) is 0 Å². The first-order chi connectivity index (χ1) is 8.85. The number of nitrogens with zero attached hydrogens (tertiary/aromatic N) is 1. The Morgan fingerprint density at radius 2 is 1.95 bits per heavy atom. The number of rotatable bonds is 5. The summed E-state index contributed by atoms with van der Waals surface area (Å²) in [4.78, 5) is 2.41. The van der Waals surface area contributed by atoms with Crippen molar-refractivity contribution in [3.63, 3.8) is 0 Å². The van der Waals surface area contributed by atoms with Crippen molar-refractivity contribution in [2.24, 2.45) is 5.92 Å². The predicted molar refractivity (Wildman–Crippen MR) is 83.8 cm³/mol. The zero-order chi connectivity index (χ0) is 14.0. The van der Waals surface area contributed by atoms with Gasteiger partial charge in [0.25, 0.3) is 0 Å². The topological polar surface area (TPSA) is 15.3 Å². The lowest BCUT2D eigenvalue weighted by atomic mass is 10.1. The molecule has 0 bridgehead atoms. The maximum atomic E-state index is 3.54. The molecule has 1 aliphatic rings. The van der Waals surface area contributed by atoms with Crippen molar-refractivity contribution < 1.29 is 0 Å². The third-order valence-corrected chi connectivity index (χ3v) is 3.72. The van der Waals surface area contributed by atoms with Gasteiger partial charge in [0.05, 0.1) is 0 Å². The van der Waals surface area contributed by atoms with Gasteiger partial charge in [0.2, 0.25) is 0 Å². The van der Waals surface area contributed by atoms with Crippen LogP contribution < -0.4 is 10.2 Å². The number of benzene rings is 1. The van der Waals surface area contributed by atoms with E-state index in [1.54, 1.807) is 0 Å². The molecule has 0 radical (unpaired) electrons. The number of hydrogen-bond acceptors (Lipinski definition) is 2. The Morgan fingerprint density at radius 3 is 2.47 bits per heavy atom. The molecule has 2 nitrogen and oxygen atoms in total. The molecule has 0 heterocycles.